The van der Waals surface area contributed by atoms with Crippen LogP contribution in [0.3, 0.4) is 0 Å². The highest BCUT2D eigenvalue weighted by Gasteiger charge is 2.11. The summed E-state index contributed by atoms with van der Waals surface area (Å²) < 4.78 is 3.25. The minimum absolute atomic E-state index is 1.01. The number of aromatic nitrogens is 2. The van der Waals surface area contributed by atoms with Crippen LogP contribution in [-0.4, -0.2) is 9.38 Å². The van der Waals surface area contributed by atoms with Crippen LogP contribution in [0.15, 0.2) is 34.2 Å². The van der Waals surface area contributed by atoms with Crippen molar-refractivity contribution in [3.05, 3.63) is 45.5 Å². The zero-order chi connectivity index (χ0) is 12.0. The number of thiophene rings is 1. The van der Waals surface area contributed by atoms with Crippen LogP contribution in [0, 0.1) is 13.8 Å². The van der Waals surface area contributed by atoms with Gasteiger partial charge < -0.3 is 4.40 Å². The molecule has 3 rings (SSSR count). The molecule has 0 N–H and O–H groups in total. The van der Waals surface area contributed by atoms with Crippen molar-refractivity contribution < 1.29 is 0 Å². The molecule has 0 aromatic carbocycles. The van der Waals surface area contributed by atoms with Gasteiger partial charge in [0.05, 0.1) is 4.88 Å². The summed E-state index contributed by atoms with van der Waals surface area (Å²) in [4.78, 5) is 5.93. The molecular formula is C13H11BrN2S. The van der Waals surface area contributed by atoms with E-state index in [4.69, 9.17) is 4.98 Å². The van der Waals surface area contributed by atoms with E-state index < -0.39 is 0 Å². The Morgan fingerprint density at radius 1 is 1.35 bits per heavy atom. The van der Waals surface area contributed by atoms with E-state index in [9.17, 15) is 0 Å². The van der Waals surface area contributed by atoms with Crippen molar-refractivity contribution in [1.29, 1.82) is 0 Å². The van der Waals surface area contributed by atoms with E-state index in [0.717, 1.165) is 15.8 Å². The SMILES string of the molecule is Cc1cc2nc(-c3cccs3)c(C)n2cc1Br. The Hall–Kier alpha value is -1.13. The monoisotopic (exact) mass is 306 g/mol. The van der Waals surface area contributed by atoms with Crippen molar-refractivity contribution in [1.82, 2.24) is 9.38 Å². The van der Waals surface area contributed by atoms with Gasteiger partial charge in [-0.25, -0.2) is 4.98 Å². The number of halogens is 1. The number of nitrogens with zero attached hydrogens (tertiary/aromatic N) is 2. The minimum atomic E-state index is 1.01. The van der Waals surface area contributed by atoms with Crippen LogP contribution in [0.1, 0.15) is 11.3 Å². The first-order valence-corrected chi connectivity index (χ1v) is 7.03. The summed E-state index contributed by atoms with van der Waals surface area (Å²) in [6, 6.07) is 6.28. The molecule has 0 fully saturated rings. The molecule has 86 valence electrons. The maximum Gasteiger partial charge on any atom is 0.138 e. The molecule has 17 heavy (non-hydrogen) atoms. The molecule has 0 saturated heterocycles. The molecule has 0 unspecified atom stereocenters. The Morgan fingerprint density at radius 2 is 2.18 bits per heavy atom. The first-order valence-electron chi connectivity index (χ1n) is 5.35. The third-order valence-electron chi connectivity index (χ3n) is 2.90. The van der Waals surface area contributed by atoms with Crippen LogP contribution in [-0.2, 0) is 0 Å². The van der Waals surface area contributed by atoms with E-state index in [0.29, 0.717) is 0 Å². The summed E-state index contributed by atoms with van der Waals surface area (Å²) in [5.41, 5.74) is 4.48. The van der Waals surface area contributed by atoms with Crippen molar-refractivity contribution in [3.63, 3.8) is 0 Å². The van der Waals surface area contributed by atoms with Crippen LogP contribution in [0.4, 0.5) is 0 Å². The van der Waals surface area contributed by atoms with Crippen LogP contribution in [0.2, 0.25) is 0 Å². The second-order valence-electron chi connectivity index (χ2n) is 4.06. The number of pyridine rings is 1. The maximum atomic E-state index is 4.71. The second kappa shape index (κ2) is 3.96. The predicted octanol–water partition coefficient (Wildman–Crippen LogP) is 4.44. The van der Waals surface area contributed by atoms with Gasteiger partial charge in [-0.3, -0.25) is 0 Å². The van der Waals surface area contributed by atoms with Crippen LogP contribution < -0.4 is 0 Å². The predicted molar refractivity (Wildman–Crippen MR) is 75.7 cm³/mol. The highest BCUT2D eigenvalue weighted by Crippen LogP contribution is 2.29. The minimum Gasteiger partial charge on any atom is -0.303 e. The van der Waals surface area contributed by atoms with Gasteiger partial charge in [0.1, 0.15) is 11.3 Å². The zero-order valence-corrected chi connectivity index (χ0v) is 12.0. The molecule has 0 atom stereocenters. The standard InChI is InChI=1S/C13H11BrN2S/c1-8-6-12-15-13(11-4-3-5-17-11)9(2)16(12)7-10(8)14/h3-7H,1-2H3. The van der Waals surface area contributed by atoms with Gasteiger partial charge in [-0.2, -0.15) is 0 Å². The zero-order valence-electron chi connectivity index (χ0n) is 9.57. The van der Waals surface area contributed by atoms with E-state index in [-0.39, 0.29) is 0 Å². The van der Waals surface area contributed by atoms with E-state index in [1.807, 2.05) is 0 Å². The number of hydrogen-bond acceptors (Lipinski definition) is 2. The maximum absolute atomic E-state index is 4.71. The van der Waals surface area contributed by atoms with Gasteiger partial charge in [0.25, 0.3) is 0 Å². The molecule has 3 aromatic rings. The molecule has 0 bridgehead atoms. The molecule has 3 aromatic heterocycles. The van der Waals surface area contributed by atoms with Crippen molar-refractivity contribution in [2.24, 2.45) is 0 Å². The van der Waals surface area contributed by atoms with Gasteiger partial charge in [0.15, 0.2) is 0 Å². The van der Waals surface area contributed by atoms with Crippen LogP contribution >= 0.6 is 27.3 Å². The summed E-state index contributed by atoms with van der Waals surface area (Å²) >= 11 is 5.29. The number of fused-ring (bicyclic) bond motifs is 1. The second-order valence-corrected chi connectivity index (χ2v) is 5.86. The molecule has 0 aliphatic carbocycles. The average molecular weight is 307 g/mol. The van der Waals surface area contributed by atoms with Gasteiger partial charge in [-0.05, 0) is 52.9 Å². The Bertz CT molecular complexity index is 683. The largest absolute Gasteiger partial charge is 0.303 e. The first kappa shape index (κ1) is 11.0. The average Bonchev–Trinajstić information content (AvgIpc) is 2.90. The number of rotatable bonds is 1. The third-order valence-corrected chi connectivity index (χ3v) is 4.60. The third kappa shape index (κ3) is 1.72. The molecule has 3 heterocycles. The molecule has 0 aliphatic rings. The van der Waals surface area contributed by atoms with Gasteiger partial charge in [-0.1, -0.05) is 6.07 Å². The van der Waals surface area contributed by atoms with E-state index >= 15 is 0 Å². The van der Waals surface area contributed by atoms with Crippen LogP contribution in [0.5, 0.6) is 0 Å². The fraction of sp³-hybridized carbons (Fsp3) is 0.154. The molecule has 4 heteroatoms. The normalized spacial score (nSPS) is 11.2. The van der Waals surface area contributed by atoms with Crippen molar-refractivity contribution in [2.45, 2.75) is 13.8 Å². The number of aryl methyl sites for hydroxylation is 2. The lowest BCUT2D eigenvalue weighted by Crippen LogP contribution is -1.89. The molecule has 0 aliphatic heterocycles. The first-order chi connectivity index (χ1) is 8.16. The summed E-state index contributed by atoms with van der Waals surface area (Å²) in [7, 11) is 0. The number of hydrogen-bond donors (Lipinski definition) is 0. The fourth-order valence-corrected chi connectivity index (χ4v) is 3.01. The molecule has 0 spiro atoms. The fourth-order valence-electron chi connectivity index (χ4n) is 1.92. The summed E-state index contributed by atoms with van der Waals surface area (Å²) in [5.74, 6) is 0. The summed E-state index contributed by atoms with van der Waals surface area (Å²) in [6.07, 6.45) is 2.09. The Balaban J connectivity index is 2.32. The molecule has 0 amide bonds. The smallest absolute Gasteiger partial charge is 0.138 e. The summed E-state index contributed by atoms with van der Waals surface area (Å²) in [6.45, 7) is 4.19. The Kier molecular flexibility index (Phi) is 2.56. The van der Waals surface area contributed by atoms with Crippen molar-refractivity contribution in [2.75, 3.05) is 0 Å². The van der Waals surface area contributed by atoms with Gasteiger partial charge in [0.2, 0.25) is 0 Å². The molecule has 0 saturated carbocycles. The molecular weight excluding hydrogens is 296 g/mol. The highest BCUT2D eigenvalue weighted by molar-refractivity contribution is 9.10. The molecule has 0 radical (unpaired) electrons. The van der Waals surface area contributed by atoms with Gasteiger partial charge in [-0.15, -0.1) is 11.3 Å². The Labute approximate surface area is 112 Å². The van der Waals surface area contributed by atoms with E-state index in [1.54, 1.807) is 11.3 Å². The van der Waals surface area contributed by atoms with E-state index in [1.165, 1.54) is 16.1 Å². The van der Waals surface area contributed by atoms with E-state index in [2.05, 4.69) is 64.0 Å². The highest BCUT2D eigenvalue weighted by atomic mass is 79.9. The number of imidazole rings is 1. The van der Waals surface area contributed by atoms with Crippen molar-refractivity contribution in [3.8, 4) is 10.6 Å². The molecule has 2 nitrogen and oxygen atoms in total. The lowest BCUT2D eigenvalue weighted by molar-refractivity contribution is 1.09. The van der Waals surface area contributed by atoms with Crippen molar-refractivity contribution >= 4 is 32.9 Å². The lowest BCUT2D eigenvalue weighted by Gasteiger charge is -2.01. The summed E-state index contributed by atoms with van der Waals surface area (Å²) in [5, 5.41) is 2.08. The quantitative estimate of drug-likeness (QED) is 0.649. The lowest BCUT2D eigenvalue weighted by atomic mass is 10.3. The van der Waals surface area contributed by atoms with Crippen LogP contribution in [0.25, 0.3) is 16.2 Å². The van der Waals surface area contributed by atoms with Gasteiger partial charge in [0, 0.05) is 16.4 Å². The van der Waals surface area contributed by atoms with Gasteiger partial charge >= 0.3 is 0 Å². The Morgan fingerprint density at radius 3 is 2.88 bits per heavy atom. The topological polar surface area (TPSA) is 17.3 Å².